The summed E-state index contributed by atoms with van der Waals surface area (Å²) in [5.41, 5.74) is 1.22. The Hall–Kier alpha value is -5.04. The van der Waals surface area contributed by atoms with E-state index in [1.165, 1.54) is 30.3 Å². The number of benzene rings is 4. The molecule has 0 saturated heterocycles. The number of sulfonamides is 1. The minimum Gasteiger partial charge on any atom is -0.492 e. The summed E-state index contributed by atoms with van der Waals surface area (Å²) >= 11 is 0. The number of esters is 1. The molecule has 4 aromatic rings. The second-order valence-electron chi connectivity index (χ2n) is 11.9. The van der Waals surface area contributed by atoms with Crippen molar-refractivity contribution in [3.63, 3.8) is 0 Å². The fourth-order valence-corrected chi connectivity index (χ4v) is 6.84. The summed E-state index contributed by atoms with van der Waals surface area (Å²) in [5.74, 6) is -1.70. The number of carbonyl (C=O) groups is 2. The first-order valence-corrected chi connectivity index (χ1v) is 16.4. The maximum absolute atomic E-state index is 14.0. The van der Waals surface area contributed by atoms with Crippen molar-refractivity contribution in [3.05, 3.63) is 108 Å². The molecule has 0 aromatic heterocycles. The van der Waals surface area contributed by atoms with Crippen LogP contribution in [0.15, 0.2) is 95.9 Å². The van der Waals surface area contributed by atoms with Gasteiger partial charge in [0, 0.05) is 18.1 Å². The lowest BCUT2D eigenvalue weighted by atomic mass is 10.0. The Bertz CT molecular complexity index is 1890. The molecule has 5 rings (SSSR count). The molecule has 1 aliphatic heterocycles. The normalized spacial score (nSPS) is 14.4. The molecule has 0 saturated carbocycles. The van der Waals surface area contributed by atoms with Crippen LogP contribution in [0.1, 0.15) is 36.7 Å². The lowest BCUT2D eigenvalue weighted by Gasteiger charge is -2.26. The zero-order valence-electron chi connectivity index (χ0n) is 26.3. The molecule has 1 heterocycles. The molecule has 0 aliphatic carbocycles. The lowest BCUT2D eigenvalue weighted by molar-refractivity contribution is -0.122. The third-order valence-electron chi connectivity index (χ3n) is 7.27. The second kappa shape index (κ2) is 14.0. The van der Waals surface area contributed by atoms with E-state index < -0.39 is 51.7 Å². The van der Waals surface area contributed by atoms with Gasteiger partial charge in [-0.2, -0.15) is 8.78 Å². The molecule has 9 nitrogen and oxygen atoms in total. The molecule has 0 radical (unpaired) electrons. The largest absolute Gasteiger partial charge is 0.492 e. The third kappa shape index (κ3) is 7.91. The van der Waals surface area contributed by atoms with Gasteiger partial charge in [0.2, 0.25) is 5.91 Å². The van der Waals surface area contributed by atoms with Crippen LogP contribution in [-0.4, -0.2) is 51.7 Å². The minimum absolute atomic E-state index is 0.0722. The standard InChI is InChI=1S/C35H33F3N2O7S/c1-35(2,3)47-33(42)23-8-13-26(14-9-23)45-19-18-39-32(41)30-20-24-6-4-5-7-29(24)40(30)48(43,44)27-15-10-22(11-16-27)28-17-12-25(36)21-31(28)46-34(37)38/h4-17,21,30,34H,18-20H2,1-3H3,(H,39,41)/t30-/m0/s1. The Labute approximate surface area is 276 Å². The number of carbonyl (C=O) groups excluding carboxylic acids is 2. The summed E-state index contributed by atoms with van der Waals surface area (Å²) in [4.78, 5) is 25.5. The van der Waals surface area contributed by atoms with Crippen molar-refractivity contribution in [3.8, 4) is 22.6 Å². The zero-order chi connectivity index (χ0) is 34.6. The monoisotopic (exact) mass is 682 g/mol. The Balaban J connectivity index is 1.27. The van der Waals surface area contributed by atoms with Gasteiger partial charge < -0.3 is 19.5 Å². The fraction of sp³-hybridized carbons (Fsp3) is 0.257. The van der Waals surface area contributed by atoms with Gasteiger partial charge in [0.25, 0.3) is 10.0 Å². The average Bonchev–Trinajstić information content (AvgIpc) is 3.43. The van der Waals surface area contributed by atoms with Crippen LogP contribution in [-0.2, 0) is 26.0 Å². The van der Waals surface area contributed by atoms with Gasteiger partial charge in [-0.1, -0.05) is 30.3 Å². The maximum atomic E-state index is 14.0. The van der Waals surface area contributed by atoms with E-state index in [0.717, 1.165) is 16.4 Å². The van der Waals surface area contributed by atoms with Crippen LogP contribution in [0.2, 0.25) is 0 Å². The van der Waals surface area contributed by atoms with E-state index in [4.69, 9.17) is 9.47 Å². The third-order valence-corrected chi connectivity index (χ3v) is 9.11. The number of amides is 1. The van der Waals surface area contributed by atoms with Gasteiger partial charge in [-0.15, -0.1) is 0 Å². The average molecular weight is 683 g/mol. The van der Waals surface area contributed by atoms with Gasteiger partial charge in [-0.3, -0.25) is 9.10 Å². The molecule has 13 heteroatoms. The summed E-state index contributed by atoms with van der Waals surface area (Å²) in [6.07, 6.45) is 0.135. The zero-order valence-corrected chi connectivity index (χ0v) is 27.1. The Morgan fingerprint density at radius 2 is 1.65 bits per heavy atom. The van der Waals surface area contributed by atoms with Crippen LogP contribution in [0.3, 0.4) is 0 Å². The summed E-state index contributed by atoms with van der Waals surface area (Å²) in [6.45, 7) is 2.29. The van der Waals surface area contributed by atoms with Crippen molar-refractivity contribution in [1.29, 1.82) is 0 Å². The number of hydrogen-bond acceptors (Lipinski definition) is 7. The van der Waals surface area contributed by atoms with E-state index in [2.05, 4.69) is 10.1 Å². The molecular formula is C35H33F3N2O7S. The number of nitrogens with zero attached hydrogens (tertiary/aromatic N) is 1. The highest BCUT2D eigenvalue weighted by Crippen LogP contribution is 2.38. The van der Waals surface area contributed by atoms with E-state index in [1.807, 2.05) is 0 Å². The number of nitrogens with one attached hydrogen (secondary N) is 1. The van der Waals surface area contributed by atoms with Crippen LogP contribution in [0.4, 0.5) is 18.9 Å². The van der Waals surface area contributed by atoms with Crippen LogP contribution in [0.25, 0.3) is 11.1 Å². The highest BCUT2D eigenvalue weighted by Gasteiger charge is 2.42. The molecule has 4 aromatic carbocycles. The molecule has 1 atom stereocenters. The van der Waals surface area contributed by atoms with Crippen LogP contribution < -0.4 is 19.1 Å². The molecule has 1 N–H and O–H groups in total. The quantitative estimate of drug-likeness (QED) is 0.145. The van der Waals surface area contributed by atoms with Gasteiger partial charge in [0.15, 0.2) is 0 Å². The van der Waals surface area contributed by atoms with E-state index >= 15 is 0 Å². The summed E-state index contributed by atoms with van der Waals surface area (Å²) in [6, 6.07) is 20.6. The highest BCUT2D eigenvalue weighted by molar-refractivity contribution is 7.93. The highest BCUT2D eigenvalue weighted by atomic mass is 32.2. The number of anilines is 1. The second-order valence-corrected chi connectivity index (χ2v) is 13.7. The number of rotatable bonds is 11. The van der Waals surface area contributed by atoms with Crippen molar-refractivity contribution in [1.82, 2.24) is 5.32 Å². The summed E-state index contributed by atoms with van der Waals surface area (Å²) < 4.78 is 84.2. The van der Waals surface area contributed by atoms with Crippen LogP contribution in [0.5, 0.6) is 11.5 Å². The number of para-hydroxylation sites is 1. The lowest BCUT2D eigenvalue weighted by Crippen LogP contribution is -2.48. The number of fused-ring (bicyclic) bond motifs is 1. The first-order valence-electron chi connectivity index (χ1n) is 14.9. The Morgan fingerprint density at radius 3 is 2.31 bits per heavy atom. The molecule has 0 unspecified atom stereocenters. The number of ether oxygens (including phenoxy) is 3. The van der Waals surface area contributed by atoms with Gasteiger partial charge in [-0.05, 0) is 86.5 Å². The van der Waals surface area contributed by atoms with Gasteiger partial charge in [0.05, 0.1) is 22.7 Å². The molecule has 48 heavy (non-hydrogen) atoms. The van der Waals surface area contributed by atoms with E-state index in [-0.39, 0.29) is 30.0 Å². The first-order chi connectivity index (χ1) is 22.7. The Morgan fingerprint density at radius 1 is 0.958 bits per heavy atom. The number of hydrogen-bond donors (Lipinski definition) is 1. The van der Waals surface area contributed by atoms with Crippen molar-refractivity contribution in [2.45, 2.75) is 50.3 Å². The molecular weight excluding hydrogens is 649 g/mol. The Kier molecular flexibility index (Phi) is 9.99. The number of alkyl halides is 2. The van der Waals surface area contributed by atoms with E-state index in [9.17, 15) is 31.2 Å². The number of halogens is 3. The maximum Gasteiger partial charge on any atom is 0.387 e. The molecule has 1 amide bonds. The predicted molar refractivity (Wildman–Crippen MR) is 172 cm³/mol. The first kappa shape index (κ1) is 34.3. The minimum atomic E-state index is -4.29. The summed E-state index contributed by atoms with van der Waals surface area (Å²) in [7, 11) is -4.29. The molecule has 0 bridgehead atoms. The van der Waals surface area contributed by atoms with Crippen molar-refractivity contribution < 1.29 is 45.4 Å². The van der Waals surface area contributed by atoms with Gasteiger partial charge in [-0.25, -0.2) is 17.6 Å². The summed E-state index contributed by atoms with van der Waals surface area (Å²) in [5, 5.41) is 2.75. The van der Waals surface area contributed by atoms with E-state index in [1.54, 1.807) is 69.3 Å². The SMILES string of the molecule is CC(C)(C)OC(=O)c1ccc(OCCNC(=O)[C@@H]2Cc3ccccc3N2S(=O)(=O)c2ccc(-c3ccc(F)cc3OC(F)F)cc2)cc1. The van der Waals surface area contributed by atoms with E-state index in [0.29, 0.717) is 28.1 Å². The molecule has 252 valence electrons. The topological polar surface area (TPSA) is 111 Å². The van der Waals surface area contributed by atoms with Crippen molar-refractivity contribution >= 4 is 27.6 Å². The predicted octanol–water partition coefficient (Wildman–Crippen LogP) is 6.36. The van der Waals surface area contributed by atoms with Crippen molar-refractivity contribution in [2.24, 2.45) is 0 Å². The molecule has 0 spiro atoms. The van der Waals surface area contributed by atoms with Gasteiger partial charge >= 0.3 is 12.6 Å². The molecule has 1 aliphatic rings. The smallest absolute Gasteiger partial charge is 0.387 e. The van der Waals surface area contributed by atoms with Crippen LogP contribution in [0, 0.1) is 5.82 Å². The fourth-order valence-electron chi connectivity index (χ4n) is 5.19. The van der Waals surface area contributed by atoms with Crippen LogP contribution >= 0.6 is 0 Å². The van der Waals surface area contributed by atoms with Crippen molar-refractivity contribution in [2.75, 3.05) is 17.5 Å². The van der Waals surface area contributed by atoms with Gasteiger partial charge in [0.1, 0.15) is 35.6 Å². The molecule has 0 fully saturated rings.